The van der Waals surface area contributed by atoms with Crippen LogP contribution in [0.15, 0.2) is 18.2 Å². The van der Waals surface area contributed by atoms with E-state index in [0.29, 0.717) is 0 Å². The lowest BCUT2D eigenvalue weighted by Gasteiger charge is -2.16. The number of anilines is 1. The van der Waals surface area contributed by atoms with Gasteiger partial charge in [-0.15, -0.1) is 0 Å². The molecule has 2 aromatic rings. The zero-order valence-electron chi connectivity index (χ0n) is 11.2. The lowest BCUT2D eigenvalue weighted by molar-refractivity contribution is 0.615. The molecule has 94 valence electrons. The van der Waals surface area contributed by atoms with E-state index in [9.17, 15) is 0 Å². The van der Waals surface area contributed by atoms with Crippen LogP contribution in [0.4, 0.5) is 5.95 Å². The number of hydrogen-bond donors (Lipinski definition) is 1. The monoisotopic (exact) mass is 241 g/mol. The third-order valence-electron chi connectivity index (χ3n) is 3.84. The van der Waals surface area contributed by atoms with Gasteiger partial charge in [0, 0.05) is 24.3 Å². The first-order valence-corrected chi connectivity index (χ1v) is 6.55. The van der Waals surface area contributed by atoms with E-state index in [4.69, 9.17) is 4.98 Å². The molecule has 2 heterocycles. The minimum Gasteiger partial charge on any atom is -0.356 e. The Morgan fingerprint density at radius 2 is 2.00 bits per heavy atom. The van der Waals surface area contributed by atoms with Gasteiger partial charge in [-0.1, -0.05) is 12.1 Å². The quantitative estimate of drug-likeness (QED) is 0.830. The van der Waals surface area contributed by atoms with Crippen LogP contribution in [0, 0.1) is 20.8 Å². The average Bonchev–Trinajstić information content (AvgIpc) is 2.71. The van der Waals surface area contributed by atoms with Crippen molar-refractivity contribution in [3.63, 3.8) is 0 Å². The van der Waals surface area contributed by atoms with Gasteiger partial charge in [0.1, 0.15) is 0 Å². The molecule has 3 heteroatoms. The summed E-state index contributed by atoms with van der Waals surface area (Å²) in [5.74, 6) is 1.02. The van der Waals surface area contributed by atoms with Crippen molar-refractivity contribution < 1.29 is 0 Å². The van der Waals surface area contributed by atoms with Crippen LogP contribution >= 0.6 is 0 Å². The normalized spacial score (nSPS) is 14.2. The van der Waals surface area contributed by atoms with Gasteiger partial charge in [0.15, 0.2) is 0 Å². The first-order valence-electron chi connectivity index (χ1n) is 6.55. The van der Waals surface area contributed by atoms with Gasteiger partial charge in [0.25, 0.3) is 0 Å². The third-order valence-corrected chi connectivity index (χ3v) is 3.84. The molecule has 0 radical (unpaired) electrons. The Hall–Kier alpha value is -1.77. The van der Waals surface area contributed by atoms with Crippen molar-refractivity contribution in [1.82, 2.24) is 9.55 Å². The lowest BCUT2D eigenvalue weighted by atomic mass is 10.0. The number of benzene rings is 1. The maximum atomic E-state index is 4.74. The molecule has 3 nitrogen and oxygen atoms in total. The van der Waals surface area contributed by atoms with Crippen molar-refractivity contribution >= 4 is 5.95 Å². The topological polar surface area (TPSA) is 29.9 Å². The van der Waals surface area contributed by atoms with Crippen molar-refractivity contribution in [3.05, 3.63) is 35.0 Å². The molecule has 0 atom stereocenters. The van der Waals surface area contributed by atoms with E-state index in [0.717, 1.165) is 24.7 Å². The van der Waals surface area contributed by atoms with Gasteiger partial charge in [0.05, 0.1) is 5.69 Å². The minimum absolute atomic E-state index is 1.02. The molecule has 0 saturated heterocycles. The van der Waals surface area contributed by atoms with E-state index >= 15 is 0 Å². The largest absolute Gasteiger partial charge is 0.356 e. The second kappa shape index (κ2) is 4.16. The summed E-state index contributed by atoms with van der Waals surface area (Å²) in [6.45, 7) is 8.57. The number of fused-ring (bicyclic) bond motifs is 1. The molecule has 0 aliphatic carbocycles. The van der Waals surface area contributed by atoms with E-state index in [1.165, 1.54) is 28.8 Å². The summed E-state index contributed by atoms with van der Waals surface area (Å²) < 4.78 is 2.29. The second-order valence-electron chi connectivity index (χ2n) is 5.10. The zero-order chi connectivity index (χ0) is 12.7. The van der Waals surface area contributed by atoms with Crippen molar-refractivity contribution in [3.8, 4) is 11.3 Å². The highest BCUT2D eigenvalue weighted by Crippen LogP contribution is 2.28. The fourth-order valence-corrected chi connectivity index (χ4v) is 2.54. The number of imidazole rings is 1. The minimum atomic E-state index is 1.02. The Labute approximate surface area is 108 Å². The van der Waals surface area contributed by atoms with Gasteiger partial charge in [-0.3, -0.25) is 0 Å². The summed E-state index contributed by atoms with van der Waals surface area (Å²) in [6.07, 6.45) is 1.18. The molecule has 0 spiro atoms. The molecule has 18 heavy (non-hydrogen) atoms. The highest BCUT2D eigenvalue weighted by Gasteiger charge is 2.17. The summed E-state index contributed by atoms with van der Waals surface area (Å²) in [7, 11) is 0. The van der Waals surface area contributed by atoms with Crippen molar-refractivity contribution in [2.45, 2.75) is 33.7 Å². The highest BCUT2D eigenvalue weighted by atomic mass is 15.2. The van der Waals surface area contributed by atoms with Crippen LogP contribution < -0.4 is 5.32 Å². The maximum absolute atomic E-state index is 4.74. The van der Waals surface area contributed by atoms with Gasteiger partial charge >= 0.3 is 0 Å². The summed E-state index contributed by atoms with van der Waals surface area (Å²) in [6, 6.07) is 6.58. The van der Waals surface area contributed by atoms with E-state index in [1.807, 2.05) is 0 Å². The van der Waals surface area contributed by atoms with Crippen LogP contribution in [0.1, 0.15) is 23.2 Å². The fourth-order valence-electron chi connectivity index (χ4n) is 2.54. The number of aromatic nitrogens is 2. The van der Waals surface area contributed by atoms with Gasteiger partial charge in [-0.2, -0.15) is 0 Å². The van der Waals surface area contributed by atoms with E-state index in [1.54, 1.807) is 0 Å². The van der Waals surface area contributed by atoms with Crippen LogP contribution in [0.2, 0.25) is 0 Å². The van der Waals surface area contributed by atoms with Crippen LogP contribution in [0.25, 0.3) is 11.3 Å². The van der Waals surface area contributed by atoms with Crippen LogP contribution in [0.3, 0.4) is 0 Å². The molecule has 0 bridgehead atoms. The number of aryl methyl sites for hydroxylation is 2. The van der Waals surface area contributed by atoms with E-state index in [2.05, 4.69) is 48.9 Å². The SMILES string of the molecule is Cc1ccc(-c2nc3n(c2C)CCCN3)cc1C. The Kier molecular flexibility index (Phi) is 2.62. The smallest absolute Gasteiger partial charge is 0.203 e. The van der Waals surface area contributed by atoms with Crippen LogP contribution in [-0.4, -0.2) is 16.1 Å². The Morgan fingerprint density at radius 1 is 1.17 bits per heavy atom. The predicted molar refractivity (Wildman–Crippen MR) is 75.0 cm³/mol. The number of rotatable bonds is 1. The number of nitrogens with zero attached hydrogens (tertiary/aromatic N) is 2. The summed E-state index contributed by atoms with van der Waals surface area (Å²) in [4.78, 5) is 4.74. The molecule has 1 aliphatic rings. The molecule has 0 amide bonds. The molecule has 0 saturated carbocycles. The standard InChI is InChI=1S/C15H19N3/c1-10-5-6-13(9-11(10)2)14-12(3)18-8-4-7-16-15(18)17-14/h5-6,9H,4,7-8H2,1-3H3,(H,16,17). The number of hydrogen-bond acceptors (Lipinski definition) is 2. The highest BCUT2D eigenvalue weighted by molar-refractivity contribution is 5.66. The second-order valence-corrected chi connectivity index (χ2v) is 5.10. The van der Waals surface area contributed by atoms with Crippen molar-refractivity contribution in [1.29, 1.82) is 0 Å². The summed E-state index contributed by atoms with van der Waals surface area (Å²) in [5, 5.41) is 3.37. The molecule has 1 aromatic carbocycles. The van der Waals surface area contributed by atoms with Crippen LogP contribution in [0.5, 0.6) is 0 Å². The van der Waals surface area contributed by atoms with Crippen molar-refractivity contribution in [2.24, 2.45) is 0 Å². The van der Waals surface area contributed by atoms with Gasteiger partial charge < -0.3 is 9.88 Å². The molecule has 1 N–H and O–H groups in total. The molecular weight excluding hydrogens is 222 g/mol. The Bertz CT molecular complexity index is 596. The third kappa shape index (κ3) is 1.70. The van der Waals surface area contributed by atoms with E-state index in [-0.39, 0.29) is 0 Å². The molecular formula is C15H19N3. The predicted octanol–water partition coefficient (Wildman–Crippen LogP) is 3.29. The van der Waals surface area contributed by atoms with Gasteiger partial charge in [0.2, 0.25) is 5.95 Å². The molecule has 0 unspecified atom stereocenters. The Morgan fingerprint density at radius 3 is 2.72 bits per heavy atom. The first kappa shape index (κ1) is 11.3. The van der Waals surface area contributed by atoms with Crippen molar-refractivity contribution in [2.75, 3.05) is 11.9 Å². The molecule has 1 aromatic heterocycles. The maximum Gasteiger partial charge on any atom is 0.203 e. The van der Waals surface area contributed by atoms with Crippen LogP contribution in [-0.2, 0) is 6.54 Å². The lowest BCUT2D eigenvalue weighted by Crippen LogP contribution is -2.17. The molecule has 3 rings (SSSR count). The molecule has 0 fully saturated rings. The van der Waals surface area contributed by atoms with E-state index < -0.39 is 0 Å². The molecule has 1 aliphatic heterocycles. The fraction of sp³-hybridized carbons (Fsp3) is 0.400. The zero-order valence-corrected chi connectivity index (χ0v) is 11.2. The summed E-state index contributed by atoms with van der Waals surface area (Å²) >= 11 is 0. The Balaban J connectivity index is 2.11. The summed E-state index contributed by atoms with van der Waals surface area (Å²) in [5.41, 5.74) is 6.26. The van der Waals surface area contributed by atoms with Gasteiger partial charge in [-0.05, 0) is 44.4 Å². The van der Waals surface area contributed by atoms with Gasteiger partial charge in [-0.25, -0.2) is 4.98 Å². The number of nitrogens with one attached hydrogen (secondary N) is 1. The first-order chi connectivity index (χ1) is 8.66. The average molecular weight is 241 g/mol.